The molecule has 1 heterocycles. The normalized spacial score (nSPS) is 15.2. The summed E-state index contributed by atoms with van der Waals surface area (Å²) in [6, 6.07) is 16.1. The van der Waals surface area contributed by atoms with Crippen LogP contribution in [0.5, 0.6) is 11.5 Å². The Labute approximate surface area is 178 Å². The Morgan fingerprint density at radius 2 is 1.93 bits per heavy atom. The number of aliphatic imine (C=N–C) groups is 1. The molecular weight excluding hydrogens is 380 g/mol. The molecular formula is C23H30N4O3. The van der Waals surface area contributed by atoms with E-state index in [0.717, 1.165) is 24.3 Å². The van der Waals surface area contributed by atoms with Crippen molar-refractivity contribution in [1.29, 1.82) is 0 Å². The molecule has 1 aliphatic rings. The fourth-order valence-corrected chi connectivity index (χ4v) is 3.16. The van der Waals surface area contributed by atoms with Crippen LogP contribution in [0.2, 0.25) is 0 Å². The summed E-state index contributed by atoms with van der Waals surface area (Å²) in [5.41, 5.74) is 2.42. The van der Waals surface area contributed by atoms with E-state index in [1.54, 1.807) is 21.2 Å². The van der Waals surface area contributed by atoms with Crippen molar-refractivity contribution < 1.29 is 14.3 Å². The number of rotatable bonds is 8. The summed E-state index contributed by atoms with van der Waals surface area (Å²) < 4.78 is 11.2. The molecule has 7 heteroatoms. The van der Waals surface area contributed by atoms with Gasteiger partial charge in [-0.2, -0.15) is 0 Å². The number of fused-ring (bicyclic) bond motifs is 1. The first kappa shape index (κ1) is 21.5. The lowest BCUT2D eigenvalue weighted by Crippen LogP contribution is -2.43. The van der Waals surface area contributed by atoms with E-state index in [1.807, 2.05) is 42.5 Å². The predicted molar refractivity (Wildman–Crippen MR) is 118 cm³/mol. The number of guanidine groups is 1. The number of methoxy groups -OCH3 is 1. The maximum Gasteiger partial charge on any atom is 0.243 e. The predicted octanol–water partition coefficient (Wildman–Crippen LogP) is 1.86. The van der Waals surface area contributed by atoms with Gasteiger partial charge in [0.2, 0.25) is 5.91 Å². The van der Waals surface area contributed by atoms with Crippen LogP contribution in [0.1, 0.15) is 11.1 Å². The number of likely N-dealkylation sites (N-methyl/N-ethyl adjacent to an activating group) is 1. The van der Waals surface area contributed by atoms with Crippen molar-refractivity contribution in [2.75, 3.05) is 40.8 Å². The molecule has 2 N–H and O–H groups in total. The third kappa shape index (κ3) is 6.14. The monoisotopic (exact) mass is 410 g/mol. The Bertz CT molecular complexity index is 840. The van der Waals surface area contributed by atoms with Crippen molar-refractivity contribution in [3.8, 4) is 11.5 Å². The maximum atomic E-state index is 11.9. The van der Waals surface area contributed by atoms with Crippen LogP contribution in [0.4, 0.5) is 0 Å². The molecule has 3 rings (SSSR count). The highest BCUT2D eigenvalue weighted by Gasteiger charge is 2.22. The van der Waals surface area contributed by atoms with Crippen LogP contribution >= 0.6 is 0 Å². The van der Waals surface area contributed by atoms with Crippen LogP contribution in [0.15, 0.2) is 53.5 Å². The van der Waals surface area contributed by atoms with Gasteiger partial charge in [-0.15, -0.1) is 0 Å². The second kappa shape index (κ2) is 10.5. The fourth-order valence-electron chi connectivity index (χ4n) is 3.16. The number of benzene rings is 2. The van der Waals surface area contributed by atoms with Gasteiger partial charge < -0.3 is 25.0 Å². The number of hydrogen-bond donors (Lipinski definition) is 2. The highest BCUT2D eigenvalue weighted by molar-refractivity contribution is 5.84. The van der Waals surface area contributed by atoms with Crippen LogP contribution in [0.25, 0.3) is 0 Å². The molecule has 7 nitrogen and oxygen atoms in total. The van der Waals surface area contributed by atoms with Crippen LogP contribution in [0, 0.1) is 0 Å². The molecule has 0 saturated heterocycles. The molecule has 0 radical (unpaired) electrons. The van der Waals surface area contributed by atoms with Gasteiger partial charge in [0, 0.05) is 27.1 Å². The fraction of sp³-hybridized carbons (Fsp3) is 0.391. The lowest BCUT2D eigenvalue weighted by molar-refractivity contribution is -0.127. The highest BCUT2D eigenvalue weighted by atomic mass is 16.5. The van der Waals surface area contributed by atoms with Crippen molar-refractivity contribution in [2.24, 2.45) is 4.99 Å². The first-order valence-corrected chi connectivity index (χ1v) is 10.1. The number of carbonyl (C=O) groups is 1. The van der Waals surface area contributed by atoms with Crippen molar-refractivity contribution in [2.45, 2.75) is 18.9 Å². The van der Waals surface area contributed by atoms with Gasteiger partial charge in [0.25, 0.3) is 0 Å². The third-order valence-electron chi connectivity index (χ3n) is 4.95. The molecule has 1 unspecified atom stereocenters. The maximum absolute atomic E-state index is 11.9. The van der Waals surface area contributed by atoms with Crippen LogP contribution in [0.3, 0.4) is 0 Å². The number of nitrogens with one attached hydrogen (secondary N) is 2. The van der Waals surface area contributed by atoms with Gasteiger partial charge in [-0.3, -0.25) is 4.79 Å². The smallest absolute Gasteiger partial charge is 0.243 e. The Balaban J connectivity index is 1.53. The van der Waals surface area contributed by atoms with Gasteiger partial charge >= 0.3 is 0 Å². The SMILES string of the molecule is COc1ccc(CCNC(=NCC(=O)N(C)C)NCC2Cc3ccccc3O2)cc1. The summed E-state index contributed by atoms with van der Waals surface area (Å²) in [5.74, 6) is 2.35. The van der Waals surface area contributed by atoms with Crippen LogP contribution < -0.4 is 20.1 Å². The van der Waals surface area contributed by atoms with E-state index in [9.17, 15) is 4.79 Å². The summed E-state index contributed by atoms with van der Waals surface area (Å²) in [5, 5.41) is 6.64. The van der Waals surface area contributed by atoms with Crippen molar-refractivity contribution in [3.63, 3.8) is 0 Å². The third-order valence-corrected chi connectivity index (χ3v) is 4.95. The van der Waals surface area contributed by atoms with E-state index < -0.39 is 0 Å². The van der Waals surface area contributed by atoms with E-state index >= 15 is 0 Å². The molecule has 2 aromatic rings. The first-order valence-electron chi connectivity index (χ1n) is 10.1. The molecule has 1 atom stereocenters. The van der Waals surface area contributed by atoms with E-state index in [1.165, 1.54) is 16.0 Å². The van der Waals surface area contributed by atoms with Crippen molar-refractivity contribution >= 4 is 11.9 Å². The Morgan fingerprint density at radius 1 is 1.17 bits per heavy atom. The zero-order chi connectivity index (χ0) is 21.3. The molecule has 2 aromatic carbocycles. The molecule has 0 saturated carbocycles. The molecule has 30 heavy (non-hydrogen) atoms. The van der Waals surface area contributed by atoms with E-state index in [0.29, 0.717) is 19.0 Å². The molecule has 1 aliphatic heterocycles. The largest absolute Gasteiger partial charge is 0.497 e. The molecule has 0 spiro atoms. The molecule has 0 aromatic heterocycles. The number of carbonyl (C=O) groups excluding carboxylic acids is 1. The average molecular weight is 411 g/mol. The minimum absolute atomic E-state index is 0.0422. The zero-order valence-corrected chi connectivity index (χ0v) is 17.9. The van der Waals surface area contributed by atoms with Gasteiger partial charge in [-0.05, 0) is 35.7 Å². The van der Waals surface area contributed by atoms with Crippen LogP contribution in [-0.2, 0) is 17.6 Å². The van der Waals surface area contributed by atoms with E-state index in [2.05, 4.69) is 21.7 Å². The van der Waals surface area contributed by atoms with Gasteiger partial charge in [0.15, 0.2) is 5.96 Å². The summed E-state index contributed by atoms with van der Waals surface area (Å²) >= 11 is 0. The van der Waals surface area contributed by atoms with Gasteiger partial charge in [-0.25, -0.2) is 4.99 Å². The van der Waals surface area contributed by atoms with Gasteiger partial charge in [-0.1, -0.05) is 30.3 Å². The molecule has 0 aliphatic carbocycles. The minimum atomic E-state index is -0.0456. The van der Waals surface area contributed by atoms with E-state index in [4.69, 9.17) is 9.47 Å². The molecule has 160 valence electrons. The minimum Gasteiger partial charge on any atom is -0.497 e. The highest BCUT2D eigenvalue weighted by Crippen LogP contribution is 2.27. The summed E-state index contributed by atoms with van der Waals surface area (Å²) in [6.07, 6.45) is 1.73. The Morgan fingerprint density at radius 3 is 2.63 bits per heavy atom. The van der Waals surface area contributed by atoms with Gasteiger partial charge in [0.05, 0.1) is 13.7 Å². The summed E-state index contributed by atoms with van der Waals surface area (Å²) in [4.78, 5) is 17.9. The topological polar surface area (TPSA) is 75.2 Å². The first-order chi connectivity index (χ1) is 14.5. The van der Waals surface area contributed by atoms with Gasteiger partial charge in [0.1, 0.15) is 24.1 Å². The lowest BCUT2D eigenvalue weighted by Gasteiger charge is -2.17. The number of amides is 1. The zero-order valence-electron chi connectivity index (χ0n) is 17.9. The molecule has 0 fully saturated rings. The van der Waals surface area contributed by atoms with E-state index in [-0.39, 0.29) is 18.6 Å². The molecule has 1 amide bonds. The number of hydrogen-bond acceptors (Lipinski definition) is 4. The van der Waals surface area contributed by atoms with Crippen molar-refractivity contribution in [1.82, 2.24) is 15.5 Å². The molecule has 0 bridgehead atoms. The number of nitrogens with zero attached hydrogens (tertiary/aromatic N) is 2. The lowest BCUT2D eigenvalue weighted by atomic mass is 10.1. The number of ether oxygens (including phenoxy) is 2. The Hall–Kier alpha value is -3.22. The van der Waals surface area contributed by atoms with Crippen LogP contribution in [-0.4, -0.2) is 63.7 Å². The summed E-state index contributed by atoms with van der Waals surface area (Å²) in [7, 11) is 5.11. The Kier molecular flexibility index (Phi) is 7.54. The van der Waals surface area contributed by atoms with Crippen molar-refractivity contribution in [3.05, 3.63) is 59.7 Å². The quantitative estimate of drug-likeness (QED) is 0.513. The number of para-hydroxylation sites is 1. The standard InChI is InChI=1S/C23H30N4O3/c1-27(2)22(28)16-26-23(24-13-12-17-8-10-19(29-3)11-9-17)25-15-20-14-18-6-4-5-7-21(18)30-20/h4-11,20H,12-16H2,1-3H3,(H2,24,25,26). The second-order valence-electron chi connectivity index (χ2n) is 7.41. The second-order valence-corrected chi connectivity index (χ2v) is 7.41. The average Bonchev–Trinajstić information content (AvgIpc) is 3.18. The summed E-state index contributed by atoms with van der Waals surface area (Å²) in [6.45, 7) is 1.40.